The van der Waals surface area contributed by atoms with Crippen LogP contribution in [0, 0.1) is 6.92 Å². The van der Waals surface area contributed by atoms with Crippen molar-refractivity contribution in [2.75, 3.05) is 16.8 Å². The molecule has 1 saturated heterocycles. The molecule has 0 atom stereocenters. The minimum absolute atomic E-state index is 0.187. The summed E-state index contributed by atoms with van der Waals surface area (Å²) in [6, 6.07) is 21.8. The summed E-state index contributed by atoms with van der Waals surface area (Å²) < 4.78 is 0.350. The second-order valence-corrected chi connectivity index (χ2v) is 10.4. The number of anilines is 2. The van der Waals surface area contributed by atoms with E-state index in [0.717, 1.165) is 22.9 Å². The molecule has 180 valence electrons. The number of carbonyl (C=O) groups excluding carboxylic acids is 3. The molecule has 3 amide bonds. The summed E-state index contributed by atoms with van der Waals surface area (Å²) in [6.07, 6.45) is 0. The molecule has 2 heterocycles. The second kappa shape index (κ2) is 9.89. The standard InChI is InChI=1S/C27H20ClN3O3S2/c1-16-8-2-6-12-20(16)29-22(32)15-30-21-13-7-4-10-18(21)23(25(30)33)24-26(34)31(27(35)36-24)14-17-9-3-5-11-19(17)28/h2-13H,14-15H2,1H3,(H,29,32)/b24-23-. The van der Waals surface area contributed by atoms with Gasteiger partial charge in [0.25, 0.3) is 11.8 Å². The van der Waals surface area contributed by atoms with Crippen LogP contribution in [0.25, 0.3) is 5.57 Å². The van der Waals surface area contributed by atoms with Gasteiger partial charge in [0, 0.05) is 16.3 Å². The predicted octanol–water partition coefficient (Wildman–Crippen LogP) is 5.41. The van der Waals surface area contributed by atoms with E-state index in [1.807, 2.05) is 49.4 Å². The van der Waals surface area contributed by atoms with Gasteiger partial charge in [0.2, 0.25) is 5.91 Å². The van der Waals surface area contributed by atoms with Gasteiger partial charge in [-0.05, 0) is 36.2 Å². The van der Waals surface area contributed by atoms with Gasteiger partial charge in [-0.25, -0.2) is 0 Å². The smallest absolute Gasteiger partial charge is 0.267 e. The first-order chi connectivity index (χ1) is 17.3. The average molecular weight is 534 g/mol. The molecule has 0 radical (unpaired) electrons. The number of carbonyl (C=O) groups is 3. The molecule has 0 aliphatic carbocycles. The third-order valence-electron chi connectivity index (χ3n) is 6.01. The highest BCUT2D eigenvalue weighted by Gasteiger charge is 2.42. The van der Waals surface area contributed by atoms with Crippen molar-refractivity contribution in [2.45, 2.75) is 13.5 Å². The van der Waals surface area contributed by atoms with E-state index in [0.29, 0.717) is 26.3 Å². The molecule has 2 aliphatic heterocycles. The lowest BCUT2D eigenvalue weighted by atomic mass is 10.1. The van der Waals surface area contributed by atoms with Crippen LogP contribution in [0.2, 0.25) is 5.02 Å². The summed E-state index contributed by atoms with van der Waals surface area (Å²) >= 11 is 12.9. The summed E-state index contributed by atoms with van der Waals surface area (Å²) in [5.41, 5.74) is 3.80. The Bertz CT molecular complexity index is 1470. The highest BCUT2D eigenvalue weighted by Crippen LogP contribution is 2.45. The zero-order valence-electron chi connectivity index (χ0n) is 19.2. The topological polar surface area (TPSA) is 69.7 Å². The Morgan fingerprint density at radius 3 is 2.42 bits per heavy atom. The van der Waals surface area contributed by atoms with Crippen LogP contribution in [-0.2, 0) is 20.9 Å². The van der Waals surface area contributed by atoms with Gasteiger partial charge >= 0.3 is 0 Å². The van der Waals surface area contributed by atoms with Crippen molar-refractivity contribution in [1.29, 1.82) is 0 Å². The molecule has 9 heteroatoms. The van der Waals surface area contributed by atoms with Gasteiger partial charge in [-0.15, -0.1) is 0 Å². The Morgan fingerprint density at radius 2 is 1.64 bits per heavy atom. The number of benzene rings is 3. The molecule has 1 fully saturated rings. The van der Waals surface area contributed by atoms with Crippen molar-refractivity contribution in [3.63, 3.8) is 0 Å². The van der Waals surface area contributed by atoms with Crippen LogP contribution < -0.4 is 10.2 Å². The molecule has 6 nitrogen and oxygen atoms in total. The van der Waals surface area contributed by atoms with E-state index < -0.39 is 5.91 Å². The van der Waals surface area contributed by atoms with Gasteiger partial charge in [-0.3, -0.25) is 24.2 Å². The Labute approximate surface area is 222 Å². The molecule has 36 heavy (non-hydrogen) atoms. The van der Waals surface area contributed by atoms with E-state index >= 15 is 0 Å². The van der Waals surface area contributed by atoms with Gasteiger partial charge in [0.05, 0.1) is 22.7 Å². The van der Waals surface area contributed by atoms with E-state index in [2.05, 4.69) is 5.32 Å². The van der Waals surface area contributed by atoms with Crippen LogP contribution in [0.1, 0.15) is 16.7 Å². The summed E-state index contributed by atoms with van der Waals surface area (Å²) in [4.78, 5) is 43.0. The van der Waals surface area contributed by atoms with Crippen molar-refractivity contribution in [1.82, 2.24) is 4.90 Å². The second-order valence-electron chi connectivity index (χ2n) is 8.33. The minimum atomic E-state index is -0.408. The molecule has 0 unspecified atom stereocenters. The Morgan fingerprint density at radius 1 is 0.944 bits per heavy atom. The predicted molar refractivity (Wildman–Crippen MR) is 148 cm³/mol. The van der Waals surface area contributed by atoms with Crippen LogP contribution in [0.5, 0.6) is 0 Å². The number of thioether (sulfide) groups is 1. The fourth-order valence-electron chi connectivity index (χ4n) is 4.19. The van der Waals surface area contributed by atoms with Gasteiger partial charge in [0.1, 0.15) is 10.9 Å². The lowest BCUT2D eigenvalue weighted by Crippen LogP contribution is -2.35. The van der Waals surface area contributed by atoms with Gasteiger partial charge in [0.15, 0.2) is 0 Å². The van der Waals surface area contributed by atoms with Crippen molar-refractivity contribution in [2.24, 2.45) is 0 Å². The zero-order chi connectivity index (χ0) is 25.4. The fourth-order valence-corrected chi connectivity index (χ4v) is 5.71. The molecule has 0 aromatic heterocycles. The summed E-state index contributed by atoms with van der Waals surface area (Å²) in [7, 11) is 0. The fraction of sp³-hybridized carbons (Fsp3) is 0.111. The maximum atomic E-state index is 13.6. The maximum absolute atomic E-state index is 13.6. The normalized spacial score (nSPS) is 17.1. The quantitative estimate of drug-likeness (QED) is 0.351. The lowest BCUT2D eigenvalue weighted by Gasteiger charge is -2.17. The number of hydrogen-bond donors (Lipinski definition) is 1. The van der Waals surface area contributed by atoms with E-state index in [9.17, 15) is 14.4 Å². The van der Waals surface area contributed by atoms with Crippen molar-refractivity contribution < 1.29 is 14.4 Å². The van der Waals surface area contributed by atoms with E-state index in [-0.39, 0.29) is 35.4 Å². The number of nitrogens with one attached hydrogen (secondary N) is 1. The molecule has 3 aromatic carbocycles. The summed E-state index contributed by atoms with van der Waals surface area (Å²) in [5.74, 6) is -1.09. The van der Waals surface area contributed by atoms with Gasteiger partial charge in [-0.2, -0.15) is 0 Å². The largest absolute Gasteiger partial charge is 0.324 e. The first kappa shape index (κ1) is 24.2. The number of thiocarbonyl (C=S) groups is 1. The molecule has 1 N–H and O–H groups in total. The number of amides is 3. The maximum Gasteiger partial charge on any atom is 0.267 e. The average Bonchev–Trinajstić information content (AvgIpc) is 3.29. The van der Waals surface area contributed by atoms with Gasteiger partial charge in [-0.1, -0.05) is 90.2 Å². The number of fused-ring (bicyclic) bond motifs is 1. The number of halogens is 1. The van der Waals surface area contributed by atoms with Crippen LogP contribution in [0.15, 0.2) is 77.7 Å². The third kappa shape index (κ3) is 4.43. The van der Waals surface area contributed by atoms with Crippen molar-refractivity contribution in [3.8, 4) is 0 Å². The molecule has 0 spiro atoms. The highest BCUT2D eigenvalue weighted by atomic mass is 35.5. The van der Waals surface area contributed by atoms with Crippen LogP contribution >= 0.6 is 35.6 Å². The van der Waals surface area contributed by atoms with E-state index in [1.54, 1.807) is 30.3 Å². The molecule has 3 aromatic rings. The first-order valence-corrected chi connectivity index (χ1v) is 12.7. The molecular formula is C27H20ClN3O3S2. The Balaban J connectivity index is 1.44. The van der Waals surface area contributed by atoms with Gasteiger partial charge < -0.3 is 5.32 Å². The van der Waals surface area contributed by atoms with Crippen LogP contribution in [0.4, 0.5) is 11.4 Å². The third-order valence-corrected chi connectivity index (χ3v) is 7.82. The Kier molecular flexibility index (Phi) is 6.66. The highest BCUT2D eigenvalue weighted by molar-refractivity contribution is 8.26. The summed E-state index contributed by atoms with van der Waals surface area (Å²) in [5, 5.41) is 3.40. The number of para-hydroxylation sites is 2. The number of hydrogen-bond acceptors (Lipinski definition) is 5. The Hall–Kier alpha value is -3.46. The van der Waals surface area contributed by atoms with E-state index in [4.69, 9.17) is 23.8 Å². The minimum Gasteiger partial charge on any atom is -0.324 e. The first-order valence-electron chi connectivity index (χ1n) is 11.1. The van der Waals surface area contributed by atoms with Crippen molar-refractivity contribution in [3.05, 3.63) is 99.4 Å². The molecule has 0 saturated carbocycles. The summed E-state index contributed by atoms with van der Waals surface area (Å²) in [6.45, 7) is 1.92. The number of nitrogens with zero attached hydrogens (tertiary/aromatic N) is 2. The molecule has 2 aliphatic rings. The van der Waals surface area contributed by atoms with Crippen molar-refractivity contribution >= 4 is 74.6 Å². The van der Waals surface area contributed by atoms with Crippen LogP contribution in [0.3, 0.4) is 0 Å². The zero-order valence-corrected chi connectivity index (χ0v) is 21.5. The SMILES string of the molecule is Cc1ccccc1NC(=O)CN1C(=O)/C(=C2\SC(=S)N(Cc3ccccc3Cl)C2=O)c2ccccc21. The molecular weight excluding hydrogens is 514 g/mol. The molecule has 5 rings (SSSR count). The van der Waals surface area contributed by atoms with E-state index in [1.165, 1.54) is 9.80 Å². The number of rotatable bonds is 5. The lowest BCUT2D eigenvalue weighted by molar-refractivity contribution is -0.122. The van der Waals surface area contributed by atoms with Crippen LogP contribution in [-0.4, -0.2) is 33.5 Å². The monoisotopic (exact) mass is 533 g/mol. The number of aryl methyl sites for hydroxylation is 1. The molecule has 0 bridgehead atoms.